The van der Waals surface area contributed by atoms with Gasteiger partial charge in [-0.2, -0.15) is 0 Å². The summed E-state index contributed by atoms with van der Waals surface area (Å²) in [5.41, 5.74) is 1.28. The molecule has 5 N–H and O–H groups in total. The Morgan fingerprint density at radius 2 is 1.70 bits per heavy atom. The van der Waals surface area contributed by atoms with Crippen molar-refractivity contribution in [2.45, 2.75) is 0 Å². The first-order chi connectivity index (χ1) is 10.6. The predicted molar refractivity (Wildman–Crippen MR) is 78.4 cm³/mol. The van der Waals surface area contributed by atoms with Crippen LogP contribution in [0.4, 0.5) is 14.6 Å². The Morgan fingerprint density at radius 1 is 1.13 bits per heavy atom. The molecule has 0 aliphatic carbocycles. The second kappa shape index (κ2) is 5.80. The molecule has 0 aliphatic heterocycles. The molecule has 1 aromatic heterocycles. The lowest BCUT2D eigenvalue weighted by molar-refractivity contribution is 0.0695. The number of halogens is 3. The highest BCUT2D eigenvalue weighted by molar-refractivity contribution is 9.10. The number of nitrogen functional groups attached to an aromatic ring is 1. The quantitative estimate of drug-likeness (QED) is 0.594. The molecule has 0 atom stereocenters. The first kappa shape index (κ1) is 16.6. The van der Waals surface area contributed by atoms with E-state index in [0.717, 1.165) is 0 Å². The fourth-order valence-electron chi connectivity index (χ4n) is 2.05. The Kier molecular flexibility index (Phi) is 4.19. The molecule has 0 radical (unpaired) electrons. The predicted octanol–water partition coefficient (Wildman–Crippen LogP) is 2.06. The van der Waals surface area contributed by atoms with Crippen LogP contribution in [-0.2, 0) is 0 Å². The summed E-state index contributed by atoms with van der Waals surface area (Å²) < 4.78 is 26.8. The number of pyridine rings is 1. The Morgan fingerprint density at radius 3 is 2.22 bits per heavy atom. The molecule has 7 nitrogen and oxygen atoms in total. The summed E-state index contributed by atoms with van der Waals surface area (Å²) in [6.45, 7) is 0. The van der Waals surface area contributed by atoms with E-state index in [1.165, 1.54) is 0 Å². The number of anilines is 1. The number of benzene rings is 1. The van der Waals surface area contributed by atoms with Gasteiger partial charge in [-0.15, -0.1) is 0 Å². The number of carboxylic acids is 2. The number of hydrogen-bond donors (Lipinski definition) is 4. The van der Waals surface area contributed by atoms with Crippen molar-refractivity contribution in [2.75, 3.05) is 5.73 Å². The van der Waals surface area contributed by atoms with Crippen molar-refractivity contribution in [1.82, 2.24) is 4.98 Å². The first-order valence-electron chi connectivity index (χ1n) is 5.82. The van der Waals surface area contributed by atoms with Gasteiger partial charge in [0, 0.05) is 17.2 Å². The molecule has 0 fully saturated rings. The van der Waals surface area contributed by atoms with E-state index >= 15 is 0 Å². The zero-order chi connectivity index (χ0) is 17.5. The monoisotopic (exact) mass is 388 g/mol. The molecule has 2 aromatic rings. The number of nitrogens with one attached hydrogen (secondary N) is 1. The summed E-state index contributed by atoms with van der Waals surface area (Å²) in [6.07, 6.45) is 0. The van der Waals surface area contributed by atoms with E-state index in [9.17, 15) is 33.4 Å². The number of aromatic amines is 1. The van der Waals surface area contributed by atoms with Crippen LogP contribution in [0.15, 0.2) is 21.4 Å². The molecule has 0 amide bonds. The van der Waals surface area contributed by atoms with Crippen LogP contribution < -0.4 is 11.3 Å². The van der Waals surface area contributed by atoms with Gasteiger partial charge in [0.2, 0.25) is 0 Å². The second-order valence-corrected chi connectivity index (χ2v) is 5.15. The van der Waals surface area contributed by atoms with E-state index in [0.29, 0.717) is 12.1 Å². The Labute approximate surface area is 134 Å². The van der Waals surface area contributed by atoms with Gasteiger partial charge in [-0.05, 0) is 22.0 Å². The van der Waals surface area contributed by atoms with E-state index in [1.807, 2.05) is 4.98 Å². The lowest BCUT2D eigenvalue weighted by Crippen LogP contribution is -2.24. The lowest BCUT2D eigenvalue weighted by Gasteiger charge is -2.14. The van der Waals surface area contributed by atoms with Gasteiger partial charge in [-0.25, -0.2) is 18.4 Å². The maximum Gasteiger partial charge on any atom is 0.342 e. The molecule has 0 unspecified atom stereocenters. The molecular weight excluding hydrogens is 382 g/mol. The molecule has 0 saturated carbocycles. The number of hydrogen-bond acceptors (Lipinski definition) is 4. The van der Waals surface area contributed by atoms with Gasteiger partial charge < -0.3 is 20.9 Å². The molecule has 1 heterocycles. The van der Waals surface area contributed by atoms with Gasteiger partial charge in [0.15, 0.2) is 0 Å². The largest absolute Gasteiger partial charge is 0.478 e. The average Bonchev–Trinajstić information content (AvgIpc) is 2.40. The van der Waals surface area contributed by atoms with Crippen LogP contribution in [0.5, 0.6) is 0 Å². The molecule has 0 saturated heterocycles. The zero-order valence-electron chi connectivity index (χ0n) is 11.0. The Hall–Kier alpha value is -2.75. The lowest BCUT2D eigenvalue weighted by atomic mass is 9.95. The summed E-state index contributed by atoms with van der Waals surface area (Å²) in [5, 5.41) is 18.4. The van der Waals surface area contributed by atoms with Crippen LogP contribution in [0.3, 0.4) is 0 Å². The molecule has 0 aliphatic rings. The molecule has 23 heavy (non-hydrogen) atoms. The van der Waals surface area contributed by atoms with Crippen molar-refractivity contribution in [3.63, 3.8) is 0 Å². The number of H-pyrrole nitrogens is 1. The maximum atomic E-state index is 13.7. The SMILES string of the molecule is Nc1[nH]c(=O)c(C(=O)O)c(-c2cc(F)cc(F)c2Br)c1C(=O)O. The van der Waals surface area contributed by atoms with Crippen LogP contribution in [0.25, 0.3) is 11.1 Å². The topological polar surface area (TPSA) is 133 Å². The van der Waals surface area contributed by atoms with Crippen molar-refractivity contribution in [3.05, 3.63) is 49.7 Å². The van der Waals surface area contributed by atoms with Gasteiger partial charge in [0.05, 0.1) is 4.47 Å². The summed E-state index contributed by atoms with van der Waals surface area (Å²) in [7, 11) is 0. The van der Waals surface area contributed by atoms with Gasteiger partial charge in [-0.1, -0.05) is 0 Å². The highest BCUT2D eigenvalue weighted by Gasteiger charge is 2.28. The molecule has 10 heteroatoms. The van der Waals surface area contributed by atoms with Crippen molar-refractivity contribution in [3.8, 4) is 11.1 Å². The molecule has 0 bridgehead atoms. The van der Waals surface area contributed by atoms with Crippen molar-refractivity contribution < 1.29 is 28.6 Å². The number of nitrogens with two attached hydrogens (primary N) is 1. The fraction of sp³-hybridized carbons (Fsp3) is 0. The van der Waals surface area contributed by atoms with Crippen LogP contribution in [0.1, 0.15) is 20.7 Å². The third kappa shape index (κ3) is 2.80. The minimum Gasteiger partial charge on any atom is -0.478 e. The third-order valence-electron chi connectivity index (χ3n) is 2.93. The smallest absolute Gasteiger partial charge is 0.342 e. The van der Waals surface area contributed by atoms with E-state index in [-0.39, 0.29) is 0 Å². The first-order valence-corrected chi connectivity index (χ1v) is 6.61. The van der Waals surface area contributed by atoms with Crippen molar-refractivity contribution in [2.24, 2.45) is 0 Å². The number of carboxylic acid groups (broad SMARTS) is 2. The van der Waals surface area contributed by atoms with E-state index in [4.69, 9.17) is 5.73 Å². The standard InChI is InChI=1S/C13H7BrF2N2O5/c14-9-4(1-3(15)2-5(9)16)6-7(12(20)21)10(17)18-11(19)8(6)13(22)23/h1-2H,(H,20,21)(H,22,23)(H3,17,18,19). The van der Waals surface area contributed by atoms with Crippen LogP contribution in [0, 0.1) is 11.6 Å². The maximum absolute atomic E-state index is 13.7. The summed E-state index contributed by atoms with van der Waals surface area (Å²) in [6, 6.07) is 1.20. The minimum atomic E-state index is -1.78. The number of carbonyl (C=O) groups is 2. The molecule has 0 spiro atoms. The Bertz CT molecular complexity index is 910. The highest BCUT2D eigenvalue weighted by atomic mass is 79.9. The highest BCUT2D eigenvalue weighted by Crippen LogP contribution is 2.36. The number of rotatable bonds is 3. The van der Waals surface area contributed by atoms with Crippen molar-refractivity contribution in [1.29, 1.82) is 0 Å². The number of aromatic carboxylic acids is 2. The normalized spacial score (nSPS) is 10.6. The van der Waals surface area contributed by atoms with Gasteiger partial charge in [0.25, 0.3) is 5.56 Å². The van der Waals surface area contributed by atoms with Crippen LogP contribution in [0.2, 0.25) is 0 Å². The van der Waals surface area contributed by atoms with Crippen LogP contribution in [-0.4, -0.2) is 27.1 Å². The van der Waals surface area contributed by atoms with Crippen molar-refractivity contribution >= 4 is 33.7 Å². The molecule has 120 valence electrons. The molecule has 2 rings (SSSR count). The van der Waals surface area contributed by atoms with E-state index in [1.54, 1.807) is 0 Å². The fourth-order valence-corrected chi connectivity index (χ4v) is 2.48. The van der Waals surface area contributed by atoms with E-state index in [2.05, 4.69) is 15.9 Å². The van der Waals surface area contributed by atoms with Crippen LogP contribution >= 0.6 is 15.9 Å². The number of aromatic nitrogens is 1. The average molecular weight is 389 g/mol. The molecular formula is C13H7BrF2N2O5. The van der Waals surface area contributed by atoms with Gasteiger partial charge >= 0.3 is 11.9 Å². The Balaban J connectivity index is 3.10. The summed E-state index contributed by atoms with van der Waals surface area (Å²) in [4.78, 5) is 36.4. The summed E-state index contributed by atoms with van der Waals surface area (Å²) >= 11 is 2.79. The van der Waals surface area contributed by atoms with Gasteiger partial charge in [-0.3, -0.25) is 4.79 Å². The molecule has 1 aromatic carbocycles. The van der Waals surface area contributed by atoms with Gasteiger partial charge in [0.1, 0.15) is 28.6 Å². The third-order valence-corrected chi connectivity index (χ3v) is 3.74. The summed E-state index contributed by atoms with van der Waals surface area (Å²) in [5.74, 6) is -6.29. The second-order valence-electron chi connectivity index (χ2n) is 4.35. The van der Waals surface area contributed by atoms with E-state index < -0.39 is 61.7 Å². The zero-order valence-corrected chi connectivity index (χ0v) is 12.6. The minimum absolute atomic E-state index is 0.408.